The fraction of sp³-hybridized carbons (Fsp3) is 0.158. The number of nitrogens with one attached hydrogen (secondary N) is 2. The molecule has 156 valence electrons. The van der Waals surface area contributed by atoms with Crippen molar-refractivity contribution in [2.75, 3.05) is 6.61 Å². The minimum Gasteiger partial charge on any atom is -0.394 e. The molecule has 2 aromatic carbocycles. The van der Waals surface area contributed by atoms with Crippen molar-refractivity contribution in [3.63, 3.8) is 0 Å². The van der Waals surface area contributed by atoms with Gasteiger partial charge in [-0.1, -0.05) is 35.3 Å². The van der Waals surface area contributed by atoms with E-state index in [-0.39, 0.29) is 21.8 Å². The van der Waals surface area contributed by atoms with Crippen LogP contribution in [0.2, 0.25) is 10.0 Å². The number of nitrogens with zero attached hydrogens (tertiary/aromatic N) is 2. The zero-order valence-corrected chi connectivity index (χ0v) is 16.7. The third-order valence-electron chi connectivity index (χ3n) is 4.13. The molecule has 0 aliphatic rings. The van der Waals surface area contributed by atoms with Gasteiger partial charge in [0.25, 0.3) is 11.5 Å². The molecule has 0 radical (unpaired) electrons. The number of aliphatic hydroxyl groups is 3. The summed E-state index contributed by atoms with van der Waals surface area (Å²) in [5.74, 6) is -0.718. The molecule has 0 saturated heterocycles. The molecule has 9 nitrogen and oxygen atoms in total. The first-order valence-electron chi connectivity index (χ1n) is 8.61. The lowest BCUT2D eigenvalue weighted by Gasteiger charge is -2.17. The first-order chi connectivity index (χ1) is 14.3. The Bertz CT molecular complexity index is 1180. The number of halogens is 2. The number of hydrazone groups is 1. The quantitative estimate of drug-likeness (QED) is 0.280. The van der Waals surface area contributed by atoms with Crippen LogP contribution in [-0.2, 0) is 0 Å². The molecule has 0 spiro atoms. The van der Waals surface area contributed by atoms with E-state index in [2.05, 4.69) is 20.5 Å². The second-order valence-corrected chi connectivity index (χ2v) is 7.03. The van der Waals surface area contributed by atoms with E-state index < -0.39 is 36.0 Å². The van der Waals surface area contributed by atoms with E-state index in [0.717, 1.165) is 0 Å². The Morgan fingerprint density at radius 1 is 1.20 bits per heavy atom. The minimum atomic E-state index is -1.83. The number of amides is 1. The van der Waals surface area contributed by atoms with Crippen molar-refractivity contribution in [1.82, 2.24) is 15.4 Å². The Hall–Kier alpha value is -2.82. The fourth-order valence-electron chi connectivity index (χ4n) is 2.59. The van der Waals surface area contributed by atoms with Crippen LogP contribution in [0.25, 0.3) is 11.0 Å². The van der Waals surface area contributed by atoms with Crippen molar-refractivity contribution in [3.8, 4) is 0 Å². The maximum Gasteiger partial charge on any atom is 0.276 e. The molecule has 30 heavy (non-hydrogen) atoms. The molecule has 0 fully saturated rings. The first kappa shape index (κ1) is 21.9. The molecule has 3 rings (SSSR count). The Morgan fingerprint density at radius 2 is 1.93 bits per heavy atom. The normalized spacial score (nSPS) is 13.8. The average molecular weight is 451 g/mol. The highest BCUT2D eigenvalue weighted by atomic mass is 35.5. The number of benzene rings is 2. The van der Waals surface area contributed by atoms with Gasteiger partial charge in [0.15, 0.2) is 5.69 Å². The molecule has 0 saturated carbocycles. The molecule has 1 amide bonds. The molecule has 0 bridgehead atoms. The summed E-state index contributed by atoms with van der Waals surface area (Å²) in [7, 11) is 0. The van der Waals surface area contributed by atoms with Gasteiger partial charge in [-0.2, -0.15) is 5.10 Å². The summed E-state index contributed by atoms with van der Waals surface area (Å²) < 4.78 is 0. The highest BCUT2D eigenvalue weighted by Gasteiger charge is 2.27. The van der Waals surface area contributed by atoms with Crippen LogP contribution >= 0.6 is 23.2 Å². The standard InChI is InChI=1S/C19H16Cl2N4O5/c20-9-5-6-12-13(7-9)22-16(19(30)23-12)15(17(28)14(27)8-26)24-25-18(29)10-3-1-2-4-11(10)21/h1-7,14,17,26-28H,8H2,(H,23,30)(H,25,29)/b24-15+. The van der Waals surface area contributed by atoms with Crippen molar-refractivity contribution in [2.45, 2.75) is 12.2 Å². The zero-order valence-electron chi connectivity index (χ0n) is 15.2. The van der Waals surface area contributed by atoms with Gasteiger partial charge in [0.1, 0.15) is 17.9 Å². The summed E-state index contributed by atoms with van der Waals surface area (Å²) in [4.78, 5) is 31.6. The number of H-pyrrole nitrogens is 1. The highest BCUT2D eigenvalue weighted by Crippen LogP contribution is 2.16. The van der Waals surface area contributed by atoms with Gasteiger partial charge in [-0.25, -0.2) is 10.4 Å². The van der Waals surface area contributed by atoms with E-state index in [1.165, 1.54) is 18.2 Å². The number of carbonyl (C=O) groups is 1. The molecule has 11 heteroatoms. The van der Waals surface area contributed by atoms with Crippen molar-refractivity contribution >= 4 is 45.9 Å². The second-order valence-electron chi connectivity index (χ2n) is 6.19. The molecule has 2 unspecified atom stereocenters. The molecular weight excluding hydrogens is 435 g/mol. The third kappa shape index (κ3) is 4.66. The summed E-state index contributed by atoms with van der Waals surface area (Å²) in [5.41, 5.74) is 1.38. The van der Waals surface area contributed by atoms with Gasteiger partial charge in [0.05, 0.1) is 28.2 Å². The minimum absolute atomic E-state index is 0.103. The van der Waals surface area contributed by atoms with Crippen molar-refractivity contribution in [2.24, 2.45) is 5.10 Å². The predicted molar refractivity (Wildman–Crippen MR) is 112 cm³/mol. The number of hydrogen-bond donors (Lipinski definition) is 5. The molecule has 2 atom stereocenters. The Kier molecular flexibility index (Phi) is 6.80. The summed E-state index contributed by atoms with van der Waals surface area (Å²) in [6, 6.07) is 10.8. The molecule has 5 N–H and O–H groups in total. The predicted octanol–water partition coefficient (Wildman–Crippen LogP) is 1.08. The van der Waals surface area contributed by atoms with Crippen LogP contribution in [-0.4, -0.2) is 55.7 Å². The van der Waals surface area contributed by atoms with E-state index in [1.807, 2.05) is 0 Å². The maximum atomic E-state index is 12.5. The largest absolute Gasteiger partial charge is 0.394 e. The van der Waals surface area contributed by atoms with E-state index in [1.54, 1.807) is 24.3 Å². The smallest absolute Gasteiger partial charge is 0.276 e. The fourth-order valence-corrected chi connectivity index (χ4v) is 2.98. The lowest BCUT2D eigenvalue weighted by atomic mass is 10.1. The first-order valence-corrected chi connectivity index (χ1v) is 9.36. The molecule has 1 aromatic heterocycles. The average Bonchev–Trinajstić information content (AvgIpc) is 2.73. The van der Waals surface area contributed by atoms with Gasteiger partial charge in [0, 0.05) is 5.02 Å². The number of aromatic amines is 1. The number of hydrogen-bond acceptors (Lipinski definition) is 7. The van der Waals surface area contributed by atoms with Crippen molar-refractivity contribution in [3.05, 3.63) is 74.1 Å². The van der Waals surface area contributed by atoms with Crippen LogP contribution in [0.1, 0.15) is 16.1 Å². The number of rotatable bonds is 6. The van der Waals surface area contributed by atoms with Crippen molar-refractivity contribution in [1.29, 1.82) is 0 Å². The molecule has 3 aromatic rings. The number of carbonyl (C=O) groups excluding carboxylic acids is 1. The molecule has 1 heterocycles. The van der Waals surface area contributed by atoms with Crippen LogP contribution in [0, 0.1) is 0 Å². The highest BCUT2D eigenvalue weighted by molar-refractivity contribution is 6.33. The van der Waals surface area contributed by atoms with E-state index in [9.17, 15) is 24.9 Å². The Balaban J connectivity index is 2.07. The van der Waals surface area contributed by atoms with Gasteiger partial charge in [0.2, 0.25) is 0 Å². The van der Waals surface area contributed by atoms with E-state index >= 15 is 0 Å². The lowest BCUT2D eigenvalue weighted by Crippen LogP contribution is -2.41. The summed E-state index contributed by atoms with van der Waals surface area (Å²) in [6.07, 6.45) is -3.51. The molecule has 0 aliphatic carbocycles. The number of aromatic nitrogens is 2. The lowest BCUT2D eigenvalue weighted by molar-refractivity contribution is 0.0183. The maximum absolute atomic E-state index is 12.5. The topological polar surface area (TPSA) is 148 Å². The zero-order chi connectivity index (χ0) is 21.8. The van der Waals surface area contributed by atoms with Crippen LogP contribution in [0.4, 0.5) is 0 Å². The Labute approximate surface area is 179 Å². The van der Waals surface area contributed by atoms with Crippen LogP contribution < -0.4 is 11.0 Å². The summed E-state index contributed by atoms with van der Waals surface area (Å²) in [6.45, 7) is -0.823. The van der Waals surface area contributed by atoms with Crippen LogP contribution in [0.5, 0.6) is 0 Å². The van der Waals surface area contributed by atoms with Crippen LogP contribution in [0.3, 0.4) is 0 Å². The monoisotopic (exact) mass is 450 g/mol. The van der Waals surface area contributed by atoms with Gasteiger partial charge in [-0.3, -0.25) is 9.59 Å². The van der Waals surface area contributed by atoms with Gasteiger partial charge in [-0.05, 0) is 30.3 Å². The Morgan fingerprint density at radius 3 is 2.63 bits per heavy atom. The second kappa shape index (κ2) is 9.33. The van der Waals surface area contributed by atoms with E-state index in [4.69, 9.17) is 23.2 Å². The SMILES string of the molecule is O=C(N/N=C(\c1nc2cc(Cl)ccc2[nH]c1=O)C(O)C(O)CO)c1ccccc1Cl. The molecular formula is C19H16Cl2N4O5. The van der Waals surface area contributed by atoms with Gasteiger partial charge in [-0.15, -0.1) is 0 Å². The third-order valence-corrected chi connectivity index (χ3v) is 4.69. The summed E-state index contributed by atoms with van der Waals surface area (Å²) in [5, 5.41) is 33.7. The van der Waals surface area contributed by atoms with Crippen molar-refractivity contribution < 1.29 is 20.1 Å². The summed E-state index contributed by atoms with van der Waals surface area (Å²) >= 11 is 11.9. The number of aliphatic hydroxyl groups excluding tert-OH is 3. The van der Waals surface area contributed by atoms with Gasteiger partial charge < -0.3 is 20.3 Å². The van der Waals surface area contributed by atoms with Crippen LogP contribution in [0.15, 0.2) is 52.4 Å². The number of fused-ring (bicyclic) bond motifs is 1. The van der Waals surface area contributed by atoms with Gasteiger partial charge >= 0.3 is 0 Å². The molecule has 0 aliphatic heterocycles. The van der Waals surface area contributed by atoms with E-state index in [0.29, 0.717) is 10.5 Å².